The molecule has 1 aliphatic rings. The largest absolute Gasteiger partial charge is 0.211 e. The van der Waals surface area contributed by atoms with Crippen molar-refractivity contribution in [3.63, 3.8) is 0 Å². The molecule has 0 radical (unpaired) electrons. The van der Waals surface area contributed by atoms with E-state index in [0.717, 1.165) is 5.70 Å². The molecule has 4 heteroatoms. The second-order valence-electron chi connectivity index (χ2n) is 1.25. The van der Waals surface area contributed by atoms with Crippen LogP contribution < -0.4 is 4.83 Å². The number of hydrazine groups is 1. The molecule has 0 spiro atoms. The van der Waals surface area contributed by atoms with E-state index < -0.39 is 0 Å². The molecule has 0 aromatic rings. The van der Waals surface area contributed by atoms with E-state index >= 15 is 0 Å². The summed E-state index contributed by atoms with van der Waals surface area (Å²) in [7, 11) is 0. The summed E-state index contributed by atoms with van der Waals surface area (Å²) in [6.45, 7) is 1.93. The van der Waals surface area contributed by atoms with Gasteiger partial charge in [0.2, 0.25) is 0 Å². The van der Waals surface area contributed by atoms with Crippen molar-refractivity contribution in [3.8, 4) is 0 Å². The number of hydrogen-bond donors (Lipinski definition) is 1. The smallest absolute Gasteiger partial charge is 0.0535 e. The van der Waals surface area contributed by atoms with Gasteiger partial charge in [-0.25, -0.2) is 4.53 Å². The molecule has 0 unspecified atom stereocenters. The molecular formula is C3H5ClN2S. The summed E-state index contributed by atoms with van der Waals surface area (Å²) in [5.41, 5.74) is 1.03. The highest BCUT2D eigenvalue weighted by Gasteiger charge is 2.05. The van der Waals surface area contributed by atoms with Crippen LogP contribution in [-0.2, 0) is 0 Å². The van der Waals surface area contributed by atoms with Gasteiger partial charge in [-0.2, -0.15) is 4.83 Å². The molecule has 0 bridgehead atoms. The molecule has 0 fully saturated rings. The number of halogens is 1. The molecule has 0 aromatic carbocycles. The minimum atomic E-state index is 1.03. The minimum absolute atomic E-state index is 1.03. The summed E-state index contributed by atoms with van der Waals surface area (Å²) >= 11 is 6.97. The van der Waals surface area contributed by atoms with Crippen LogP contribution in [0.5, 0.6) is 0 Å². The van der Waals surface area contributed by atoms with Gasteiger partial charge in [-0.05, 0) is 18.9 Å². The van der Waals surface area contributed by atoms with E-state index in [-0.39, 0.29) is 0 Å². The standard InChI is InChI=1S/C3H5ClN2S/c1-3-2-7-5-6(3)4/h2,5H,1H3. The molecule has 1 aliphatic heterocycles. The SMILES string of the molecule is CC1=CSNN1Cl. The van der Waals surface area contributed by atoms with E-state index in [1.807, 2.05) is 12.3 Å². The van der Waals surface area contributed by atoms with Crippen LogP contribution in [-0.4, -0.2) is 4.53 Å². The Hall–Kier alpha value is 0.140. The molecule has 0 atom stereocenters. The van der Waals surface area contributed by atoms with Crippen LogP contribution in [0.25, 0.3) is 0 Å². The maximum absolute atomic E-state index is 5.50. The number of nitrogens with one attached hydrogen (secondary N) is 1. The third-order valence-electron chi connectivity index (χ3n) is 0.672. The highest BCUT2D eigenvalue weighted by Crippen LogP contribution is 2.17. The van der Waals surface area contributed by atoms with E-state index in [0.29, 0.717) is 0 Å². The van der Waals surface area contributed by atoms with E-state index in [2.05, 4.69) is 4.83 Å². The summed E-state index contributed by atoms with van der Waals surface area (Å²) in [4.78, 5) is 2.79. The van der Waals surface area contributed by atoms with Crippen LogP contribution in [0.2, 0.25) is 0 Å². The van der Waals surface area contributed by atoms with Gasteiger partial charge in [0.1, 0.15) is 0 Å². The Kier molecular flexibility index (Phi) is 1.46. The first kappa shape index (κ1) is 5.28. The molecule has 0 amide bonds. The summed E-state index contributed by atoms with van der Waals surface area (Å²) in [5, 5.41) is 1.94. The van der Waals surface area contributed by atoms with Crippen molar-refractivity contribution in [2.24, 2.45) is 0 Å². The molecule has 2 nitrogen and oxygen atoms in total. The second-order valence-corrected chi connectivity index (χ2v) is 2.24. The number of hydrogen-bond acceptors (Lipinski definition) is 3. The molecule has 1 rings (SSSR count). The zero-order valence-electron chi connectivity index (χ0n) is 3.81. The zero-order chi connectivity index (χ0) is 5.28. The normalized spacial score (nSPS) is 20.3. The molecule has 0 aromatic heterocycles. The molecular weight excluding hydrogens is 132 g/mol. The molecule has 0 saturated heterocycles. The Balaban J connectivity index is 2.54. The first-order valence-electron chi connectivity index (χ1n) is 1.84. The molecule has 0 aliphatic carbocycles. The van der Waals surface area contributed by atoms with Gasteiger partial charge in [-0.3, -0.25) is 0 Å². The van der Waals surface area contributed by atoms with Gasteiger partial charge in [0, 0.05) is 17.2 Å². The van der Waals surface area contributed by atoms with Gasteiger partial charge in [0.05, 0.1) is 5.70 Å². The fourth-order valence-corrected chi connectivity index (χ4v) is 1.07. The van der Waals surface area contributed by atoms with E-state index in [9.17, 15) is 0 Å². The lowest BCUT2D eigenvalue weighted by Crippen LogP contribution is -2.14. The summed E-state index contributed by atoms with van der Waals surface area (Å²) in [6.07, 6.45) is 0. The minimum Gasteiger partial charge on any atom is -0.211 e. The fraction of sp³-hybridized carbons (Fsp3) is 0.333. The Morgan fingerprint density at radius 1 is 2.00 bits per heavy atom. The van der Waals surface area contributed by atoms with Crippen molar-refractivity contribution < 1.29 is 0 Å². The number of allylic oxidation sites excluding steroid dienone is 1. The van der Waals surface area contributed by atoms with Gasteiger partial charge in [0.15, 0.2) is 0 Å². The van der Waals surface area contributed by atoms with Crippen molar-refractivity contribution in [2.45, 2.75) is 6.92 Å². The van der Waals surface area contributed by atoms with E-state index in [4.69, 9.17) is 11.8 Å². The lowest BCUT2D eigenvalue weighted by Gasteiger charge is -2.04. The fourth-order valence-electron chi connectivity index (χ4n) is 0.276. The van der Waals surface area contributed by atoms with Gasteiger partial charge >= 0.3 is 0 Å². The summed E-state index contributed by atoms with van der Waals surface area (Å²) in [5.74, 6) is 0. The highest BCUT2D eigenvalue weighted by atomic mass is 35.5. The molecule has 1 N–H and O–H groups in total. The van der Waals surface area contributed by atoms with E-state index in [1.54, 1.807) is 0 Å². The maximum Gasteiger partial charge on any atom is 0.0535 e. The Morgan fingerprint density at radius 2 is 2.71 bits per heavy atom. The van der Waals surface area contributed by atoms with Crippen LogP contribution in [0, 0.1) is 0 Å². The van der Waals surface area contributed by atoms with Gasteiger partial charge in [-0.1, -0.05) is 0 Å². The average molecular weight is 137 g/mol. The third-order valence-corrected chi connectivity index (χ3v) is 1.87. The molecule has 40 valence electrons. The monoisotopic (exact) mass is 136 g/mol. The van der Waals surface area contributed by atoms with Crippen molar-refractivity contribution in [2.75, 3.05) is 0 Å². The predicted octanol–water partition coefficient (Wildman–Crippen LogP) is 1.47. The lowest BCUT2D eigenvalue weighted by molar-refractivity contribution is 0.552. The zero-order valence-corrected chi connectivity index (χ0v) is 5.38. The van der Waals surface area contributed by atoms with Gasteiger partial charge in [-0.15, -0.1) is 0 Å². The highest BCUT2D eigenvalue weighted by molar-refractivity contribution is 8.00. The number of rotatable bonds is 0. The Morgan fingerprint density at radius 3 is 2.86 bits per heavy atom. The quantitative estimate of drug-likeness (QED) is 0.401. The first-order chi connectivity index (χ1) is 3.30. The third kappa shape index (κ3) is 1.02. The van der Waals surface area contributed by atoms with Gasteiger partial charge in [0.25, 0.3) is 0 Å². The predicted molar refractivity (Wildman–Crippen MR) is 32.2 cm³/mol. The van der Waals surface area contributed by atoms with Crippen LogP contribution in [0.4, 0.5) is 0 Å². The average Bonchev–Trinajstić information content (AvgIpc) is 1.91. The summed E-state index contributed by atoms with van der Waals surface area (Å²) < 4.78 is 1.45. The Labute approximate surface area is 51.7 Å². The molecule has 1 heterocycles. The van der Waals surface area contributed by atoms with Crippen molar-refractivity contribution in [1.29, 1.82) is 0 Å². The summed E-state index contributed by atoms with van der Waals surface area (Å²) in [6, 6.07) is 0. The van der Waals surface area contributed by atoms with E-state index in [1.165, 1.54) is 16.5 Å². The van der Waals surface area contributed by atoms with Crippen molar-refractivity contribution in [3.05, 3.63) is 11.1 Å². The topological polar surface area (TPSA) is 15.3 Å². The van der Waals surface area contributed by atoms with Crippen LogP contribution >= 0.6 is 23.7 Å². The van der Waals surface area contributed by atoms with Crippen molar-refractivity contribution in [1.82, 2.24) is 9.36 Å². The number of nitrogens with zero attached hydrogens (tertiary/aromatic N) is 1. The first-order valence-corrected chi connectivity index (χ1v) is 3.06. The van der Waals surface area contributed by atoms with Gasteiger partial charge < -0.3 is 0 Å². The van der Waals surface area contributed by atoms with Crippen molar-refractivity contribution >= 4 is 23.7 Å². The molecule has 7 heavy (non-hydrogen) atoms. The Bertz CT molecular complexity index is 103. The maximum atomic E-state index is 5.50. The second kappa shape index (κ2) is 1.94. The van der Waals surface area contributed by atoms with Crippen LogP contribution in [0.3, 0.4) is 0 Å². The van der Waals surface area contributed by atoms with Crippen LogP contribution in [0.1, 0.15) is 6.92 Å². The lowest BCUT2D eigenvalue weighted by atomic mass is 10.6. The van der Waals surface area contributed by atoms with Crippen LogP contribution in [0.15, 0.2) is 11.1 Å². The molecule has 0 saturated carbocycles.